The lowest BCUT2D eigenvalue weighted by Gasteiger charge is -2.21. The number of likely N-dealkylation sites (N-methyl/N-ethyl adjacent to an activating group) is 1. The average molecular weight is 506 g/mol. The number of aryl methyl sites for hydroxylation is 2. The van der Waals surface area contributed by atoms with Crippen molar-refractivity contribution in [1.29, 1.82) is 0 Å². The molecule has 10 nitrogen and oxygen atoms in total. The maximum atomic E-state index is 15.2. The van der Waals surface area contributed by atoms with Crippen LogP contribution in [0.2, 0.25) is 0 Å². The summed E-state index contributed by atoms with van der Waals surface area (Å²) in [7, 11) is 1.74. The Morgan fingerprint density at radius 3 is 2.51 bits per heavy atom. The van der Waals surface area contributed by atoms with Crippen LogP contribution in [-0.2, 0) is 13.1 Å². The van der Waals surface area contributed by atoms with Crippen molar-refractivity contribution in [3.63, 3.8) is 0 Å². The maximum Gasteiger partial charge on any atom is 0.165 e. The molecule has 1 atom stereocenters. The zero-order chi connectivity index (χ0) is 26.1. The fourth-order valence-corrected chi connectivity index (χ4v) is 4.48. The van der Waals surface area contributed by atoms with Crippen LogP contribution in [0.15, 0.2) is 35.1 Å². The highest BCUT2D eigenvalue weighted by molar-refractivity contribution is 5.75. The molecule has 11 heteroatoms. The Morgan fingerprint density at radius 2 is 1.86 bits per heavy atom. The number of nitrogens with one attached hydrogen (secondary N) is 1. The van der Waals surface area contributed by atoms with Gasteiger partial charge in [0.2, 0.25) is 0 Å². The summed E-state index contributed by atoms with van der Waals surface area (Å²) in [6, 6.07) is 4.38. The molecule has 37 heavy (non-hydrogen) atoms. The average Bonchev–Trinajstić information content (AvgIpc) is 3.46. The minimum atomic E-state index is -0.703. The number of aromatic nitrogens is 5. The van der Waals surface area contributed by atoms with Crippen molar-refractivity contribution >= 4 is 5.82 Å². The smallest absolute Gasteiger partial charge is 0.165 e. The molecule has 0 spiro atoms. The summed E-state index contributed by atoms with van der Waals surface area (Å²) < 4.78 is 26.3. The maximum absolute atomic E-state index is 15.2. The molecule has 5 rings (SSSR count). The van der Waals surface area contributed by atoms with Crippen LogP contribution in [0.4, 0.5) is 10.2 Å². The minimum absolute atomic E-state index is 0.0578. The van der Waals surface area contributed by atoms with Gasteiger partial charge in [0.05, 0.1) is 47.0 Å². The van der Waals surface area contributed by atoms with Gasteiger partial charge < -0.3 is 24.6 Å². The fourth-order valence-electron chi connectivity index (χ4n) is 4.48. The van der Waals surface area contributed by atoms with Gasteiger partial charge in [-0.1, -0.05) is 5.16 Å². The van der Waals surface area contributed by atoms with Gasteiger partial charge in [-0.2, -0.15) is 0 Å². The molecule has 0 amide bonds. The van der Waals surface area contributed by atoms with E-state index in [-0.39, 0.29) is 18.0 Å². The predicted molar refractivity (Wildman–Crippen MR) is 134 cm³/mol. The second kappa shape index (κ2) is 10.2. The summed E-state index contributed by atoms with van der Waals surface area (Å²) in [5.74, 6) is 1.37. The van der Waals surface area contributed by atoms with Crippen molar-refractivity contribution < 1.29 is 18.8 Å². The van der Waals surface area contributed by atoms with E-state index in [4.69, 9.17) is 19.2 Å². The molecule has 1 aliphatic heterocycles. The molecule has 0 bridgehead atoms. The van der Waals surface area contributed by atoms with Gasteiger partial charge >= 0.3 is 0 Å². The van der Waals surface area contributed by atoms with E-state index in [1.807, 2.05) is 20.8 Å². The molecule has 4 heterocycles. The van der Waals surface area contributed by atoms with E-state index >= 15 is 4.39 Å². The number of hydrogen-bond donors (Lipinski definition) is 2. The van der Waals surface area contributed by atoms with Crippen LogP contribution in [0.3, 0.4) is 0 Å². The molecule has 0 saturated carbocycles. The van der Waals surface area contributed by atoms with Crippen molar-refractivity contribution in [2.75, 3.05) is 25.1 Å². The highest BCUT2D eigenvalue weighted by atomic mass is 19.1. The topological polar surface area (TPSA) is 122 Å². The quantitative estimate of drug-likeness (QED) is 0.369. The Bertz CT molecular complexity index is 1400. The number of aliphatic hydroxyl groups is 1. The third kappa shape index (κ3) is 4.87. The lowest BCUT2D eigenvalue weighted by molar-refractivity contribution is 0.108. The van der Waals surface area contributed by atoms with Crippen LogP contribution in [0.1, 0.15) is 28.4 Å². The summed E-state index contributed by atoms with van der Waals surface area (Å²) in [6.07, 6.45) is 2.64. The SMILES string of the molecule is CNC[C@@H](O)COc1ccc(F)c(-c2nc(-c3c(C)noc3C)c(C)c(N3Cc4nccnc4C3)n2)c1. The zero-order valence-corrected chi connectivity index (χ0v) is 21.1. The molecule has 3 aromatic heterocycles. The summed E-state index contributed by atoms with van der Waals surface area (Å²) in [5, 5.41) is 17.0. The Balaban J connectivity index is 1.60. The second-order valence-electron chi connectivity index (χ2n) is 9.01. The molecule has 2 N–H and O–H groups in total. The number of fused-ring (bicyclic) bond motifs is 1. The number of ether oxygens (including phenoxy) is 1. The van der Waals surface area contributed by atoms with E-state index in [1.165, 1.54) is 12.1 Å². The molecule has 0 saturated heterocycles. The highest BCUT2D eigenvalue weighted by Crippen LogP contribution is 2.37. The lowest BCUT2D eigenvalue weighted by atomic mass is 10.0. The molecule has 0 unspecified atom stereocenters. The predicted octanol–water partition coefficient (Wildman–Crippen LogP) is 3.13. The van der Waals surface area contributed by atoms with Crippen LogP contribution in [0.25, 0.3) is 22.6 Å². The second-order valence-corrected chi connectivity index (χ2v) is 9.01. The lowest BCUT2D eigenvalue weighted by Crippen LogP contribution is -2.29. The van der Waals surface area contributed by atoms with Gasteiger partial charge in [0, 0.05) is 24.5 Å². The summed E-state index contributed by atoms with van der Waals surface area (Å²) in [4.78, 5) is 20.6. The van der Waals surface area contributed by atoms with Crippen LogP contribution in [0.5, 0.6) is 5.75 Å². The van der Waals surface area contributed by atoms with Crippen molar-refractivity contribution in [1.82, 2.24) is 30.4 Å². The number of hydrogen-bond acceptors (Lipinski definition) is 10. The summed E-state index contributed by atoms with van der Waals surface area (Å²) in [6.45, 7) is 7.08. The highest BCUT2D eigenvalue weighted by Gasteiger charge is 2.28. The summed E-state index contributed by atoms with van der Waals surface area (Å²) in [5.41, 5.74) is 4.80. The first kappa shape index (κ1) is 24.7. The Morgan fingerprint density at radius 1 is 1.14 bits per heavy atom. The Hall–Kier alpha value is -3.96. The monoisotopic (exact) mass is 505 g/mol. The van der Waals surface area contributed by atoms with E-state index in [9.17, 15) is 5.11 Å². The van der Waals surface area contributed by atoms with Crippen LogP contribution in [-0.4, -0.2) is 56.5 Å². The fraction of sp³-hybridized carbons (Fsp3) is 0.346. The molecular weight excluding hydrogens is 477 g/mol. The number of rotatable bonds is 8. The summed E-state index contributed by atoms with van der Waals surface area (Å²) >= 11 is 0. The first-order valence-electron chi connectivity index (χ1n) is 12.0. The largest absolute Gasteiger partial charge is 0.491 e. The minimum Gasteiger partial charge on any atom is -0.491 e. The normalized spacial score (nSPS) is 13.6. The van der Waals surface area contributed by atoms with E-state index in [0.29, 0.717) is 48.3 Å². The number of halogens is 1. The van der Waals surface area contributed by atoms with Crippen molar-refractivity contribution in [2.24, 2.45) is 0 Å². The molecule has 1 aliphatic rings. The standard InChI is InChI=1S/C26H28FN7O3/c1-14-24(23-15(2)33-37-16(23)3)31-25(32-26(14)34-11-21-22(12-34)30-8-7-29-21)19-9-18(5-6-20(19)27)36-13-17(35)10-28-4/h5-9,17,28,35H,10-13H2,1-4H3/t17-/m1/s1. The molecule has 192 valence electrons. The van der Waals surface area contributed by atoms with E-state index in [2.05, 4.69) is 25.3 Å². The van der Waals surface area contributed by atoms with E-state index in [1.54, 1.807) is 25.5 Å². The van der Waals surface area contributed by atoms with Crippen LogP contribution >= 0.6 is 0 Å². The van der Waals surface area contributed by atoms with E-state index < -0.39 is 11.9 Å². The van der Waals surface area contributed by atoms with Gasteiger partial charge in [-0.25, -0.2) is 14.4 Å². The van der Waals surface area contributed by atoms with Gasteiger partial charge in [-0.3, -0.25) is 9.97 Å². The molecule has 0 radical (unpaired) electrons. The van der Waals surface area contributed by atoms with Crippen LogP contribution in [0, 0.1) is 26.6 Å². The van der Waals surface area contributed by atoms with Gasteiger partial charge in [-0.15, -0.1) is 0 Å². The number of aliphatic hydroxyl groups excluding tert-OH is 1. The molecule has 0 fully saturated rings. The zero-order valence-electron chi connectivity index (χ0n) is 21.1. The van der Waals surface area contributed by atoms with Gasteiger partial charge in [0.15, 0.2) is 5.82 Å². The van der Waals surface area contributed by atoms with Gasteiger partial charge in [-0.05, 0) is 46.0 Å². The first-order valence-corrected chi connectivity index (χ1v) is 12.0. The molecule has 1 aromatic carbocycles. The molecular formula is C26H28FN7O3. The van der Waals surface area contributed by atoms with Gasteiger partial charge in [0.25, 0.3) is 0 Å². The van der Waals surface area contributed by atoms with Crippen molar-refractivity contribution in [3.8, 4) is 28.4 Å². The first-order chi connectivity index (χ1) is 17.9. The number of anilines is 1. The third-order valence-electron chi connectivity index (χ3n) is 6.29. The Labute approximate surface area is 213 Å². The Kier molecular flexibility index (Phi) is 6.81. The molecule has 0 aliphatic carbocycles. The number of nitrogens with zero attached hydrogens (tertiary/aromatic N) is 6. The van der Waals surface area contributed by atoms with Gasteiger partial charge in [0.1, 0.15) is 35.9 Å². The third-order valence-corrected chi connectivity index (χ3v) is 6.29. The van der Waals surface area contributed by atoms with E-state index in [0.717, 1.165) is 22.5 Å². The number of benzene rings is 1. The molecule has 4 aromatic rings. The van der Waals surface area contributed by atoms with Crippen LogP contribution < -0.4 is 15.0 Å². The van der Waals surface area contributed by atoms with Crippen molar-refractivity contribution in [2.45, 2.75) is 40.0 Å². The van der Waals surface area contributed by atoms with Crippen molar-refractivity contribution in [3.05, 3.63) is 64.8 Å².